The Kier molecular flexibility index (Phi) is 5.30. The number of ether oxygens (including phenoxy) is 1. The minimum Gasteiger partial charge on any atom is -0.481 e. The highest BCUT2D eigenvalue weighted by Gasteiger charge is 2.15. The SMILES string of the molecule is CC(=O)Nc1ccc(NC(=O)C(C)Oc2ccc(F)cc2)cc1. The van der Waals surface area contributed by atoms with Gasteiger partial charge >= 0.3 is 0 Å². The van der Waals surface area contributed by atoms with Gasteiger partial charge in [0.1, 0.15) is 11.6 Å². The fraction of sp³-hybridized carbons (Fsp3) is 0.176. The predicted octanol–water partition coefficient (Wildman–Crippen LogP) is 3.19. The molecule has 0 heterocycles. The molecule has 0 aliphatic heterocycles. The zero-order valence-electron chi connectivity index (χ0n) is 12.8. The van der Waals surface area contributed by atoms with Crippen LogP contribution in [-0.2, 0) is 9.59 Å². The number of carbonyl (C=O) groups excluding carboxylic acids is 2. The van der Waals surface area contributed by atoms with Gasteiger partial charge < -0.3 is 15.4 Å². The highest BCUT2D eigenvalue weighted by atomic mass is 19.1. The number of anilines is 2. The van der Waals surface area contributed by atoms with Gasteiger partial charge in [-0.25, -0.2) is 4.39 Å². The Morgan fingerprint density at radius 3 is 2.00 bits per heavy atom. The first-order chi connectivity index (χ1) is 10.9. The molecule has 0 saturated heterocycles. The van der Waals surface area contributed by atoms with Crippen LogP contribution in [0.3, 0.4) is 0 Å². The topological polar surface area (TPSA) is 67.4 Å². The number of hydrogen-bond donors (Lipinski definition) is 2. The van der Waals surface area contributed by atoms with Gasteiger partial charge in [-0.2, -0.15) is 0 Å². The van der Waals surface area contributed by atoms with Crippen molar-refractivity contribution in [3.8, 4) is 5.75 Å². The Hall–Kier alpha value is -2.89. The summed E-state index contributed by atoms with van der Waals surface area (Å²) in [6.07, 6.45) is -0.740. The molecule has 0 bridgehead atoms. The van der Waals surface area contributed by atoms with Crippen LogP contribution in [0.1, 0.15) is 13.8 Å². The van der Waals surface area contributed by atoms with Crippen molar-refractivity contribution in [1.82, 2.24) is 0 Å². The summed E-state index contributed by atoms with van der Waals surface area (Å²) in [4.78, 5) is 23.0. The molecule has 1 unspecified atom stereocenters. The number of benzene rings is 2. The third-order valence-corrected chi connectivity index (χ3v) is 2.97. The van der Waals surface area contributed by atoms with Crippen LogP contribution in [0.2, 0.25) is 0 Å². The quantitative estimate of drug-likeness (QED) is 0.890. The number of hydrogen-bond acceptors (Lipinski definition) is 3. The van der Waals surface area contributed by atoms with Gasteiger partial charge in [-0.15, -0.1) is 0 Å². The maximum absolute atomic E-state index is 12.8. The van der Waals surface area contributed by atoms with E-state index in [4.69, 9.17) is 4.74 Å². The predicted molar refractivity (Wildman–Crippen MR) is 85.9 cm³/mol. The molecule has 0 aliphatic rings. The molecule has 23 heavy (non-hydrogen) atoms. The van der Waals surface area contributed by atoms with Crippen LogP contribution in [0, 0.1) is 5.82 Å². The molecule has 0 radical (unpaired) electrons. The third-order valence-electron chi connectivity index (χ3n) is 2.97. The first-order valence-corrected chi connectivity index (χ1v) is 7.05. The molecule has 2 aromatic carbocycles. The average molecular weight is 316 g/mol. The second-order valence-electron chi connectivity index (χ2n) is 4.96. The Balaban J connectivity index is 1.92. The second-order valence-corrected chi connectivity index (χ2v) is 4.96. The van der Waals surface area contributed by atoms with Crippen LogP contribution in [0.15, 0.2) is 48.5 Å². The van der Waals surface area contributed by atoms with E-state index in [1.165, 1.54) is 31.2 Å². The first kappa shape index (κ1) is 16.5. The molecule has 2 amide bonds. The minimum atomic E-state index is -0.740. The van der Waals surface area contributed by atoms with Crippen molar-refractivity contribution >= 4 is 23.2 Å². The Labute approximate surface area is 133 Å². The summed E-state index contributed by atoms with van der Waals surface area (Å²) in [5, 5.41) is 5.34. The van der Waals surface area contributed by atoms with E-state index in [2.05, 4.69) is 10.6 Å². The van der Waals surface area contributed by atoms with Crippen molar-refractivity contribution in [3.05, 3.63) is 54.3 Å². The molecule has 0 aromatic heterocycles. The van der Waals surface area contributed by atoms with E-state index in [1.807, 2.05) is 0 Å². The van der Waals surface area contributed by atoms with E-state index in [0.29, 0.717) is 17.1 Å². The average Bonchev–Trinajstić information content (AvgIpc) is 2.51. The van der Waals surface area contributed by atoms with Crippen molar-refractivity contribution in [3.63, 3.8) is 0 Å². The Morgan fingerprint density at radius 1 is 0.957 bits per heavy atom. The van der Waals surface area contributed by atoms with Crippen molar-refractivity contribution in [1.29, 1.82) is 0 Å². The van der Waals surface area contributed by atoms with Crippen molar-refractivity contribution < 1.29 is 18.7 Å². The van der Waals surface area contributed by atoms with Crippen LogP contribution in [0.25, 0.3) is 0 Å². The zero-order valence-corrected chi connectivity index (χ0v) is 12.8. The Bertz CT molecular complexity index is 684. The zero-order chi connectivity index (χ0) is 16.8. The maximum atomic E-state index is 12.8. The molecule has 5 nitrogen and oxygen atoms in total. The molecule has 0 spiro atoms. The molecule has 120 valence electrons. The van der Waals surface area contributed by atoms with Crippen molar-refractivity contribution in [2.24, 2.45) is 0 Å². The lowest BCUT2D eigenvalue weighted by atomic mass is 10.2. The summed E-state index contributed by atoms with van der Waals surface area (Å²) in [6.45, 7) is 3.02. The van der Waals surface area contributed by atoms with Crippen LogP contribution in [-0.4, -0.2) is 17.9 Å². The van der Waals surface area contributed by atoms with E-state index in [9.17, 15) is 14.0 Å². The fourth-order valence-corrected chi connectivity index (χ4v) is 1.85. The van der Waals surface area contributed by atoms with Gasteiger partial charge in [0.15, 0.2) is 6.10 Å². The summed E-state index contributed by atoms with van der Waals surface area (Å²) in [7, 11) is 0. The maximum Gasteiger partial charge on any atom is 0.265 e. The normalized spacial score (nSPS) is 11.4. The number of rotatable bonds is 5. The van der Waals surface area contributed by atoms with E-state index < -0.39 is 6.10 Å². The molecule has 2 N–H and O–H groups in total. The molecule has 2 aromatic rings. The van der Waals surface area contributed by atoms with E-state index in [0.717, 1.165) is 0 Å². The fourth-order valence-electron chi connectivity index (χ4n) is 1.85. The highest BCUT2D eigenvalue weighted by Crippen LogP contribution is 2.16. The number of halogens is 1. The lowest BCUT2D eigenvalue weighted by Crippen LogP contribution is -2.30. The number of carbonyl (C=O) groups is 2. The second kappa shape index (κ2) is 7.40. The lowest BCUT2D eigenvalue weighted by molar-refractivity contribution is -0.122. The molecule has 6 heteroatoms. The van der Waals surface area contributed by atoms with Crippen LogP contribution in [0.5, 0.6) is 5.75 Å². The lowest BCUT2D eigenvalue weighted by Gasteiger charge is -2.15. The van der Waals surface area contributed by atoms with Gasteiger partial charge in [0.25, 0.3) is 5.91 Å². The van der Waals surface area contributed by atoms with Gasteiger partial charge in [-0.05, 0) is 55.5 Å². The summed E-state index contributed by atoms with van der Waals surface area (Å²) in [5.74, 6) is -0.450. The molecule has 1 atom stereocenters. The van der Waals surface area contributed by atoms with Crippen molar-refractivity contribution in [2.75, 3.05) is 10.6 Å². The largest absolute Gasteiger partial charge is 0.481 e. The monoisotopic (exact) mass is 316 g/mol. The Morgan fingerprint density at radius 2 is 1.48 bits per heavy atom. The van der Waals surface area contributed by atoms with Gasteiger partial charge in [0.05, 0.1) is 0 Å². The van der Waals surface area contributed by atoms with Gasteiger partial charge in [0, 0.05) is 18.3 Å². The van der Waals surface area contributed by atoms with Crippen LogP contribution in [0.4, 0.5) is 15.8 Å². The molecule has 0 saturated carbocycles. The van der Waals surface area contributed by atoms with Gasteiger partial charge in [-0.3, -0.25) is 9.59 Å². The van der Waals surface area contributed by atoms with Gasteiger partial charge in [-0.1, -0.05) is 0 Å². The molecule has 0 fully saturated rings. The van der Waals surface area contributed by atoms with Crippen molar-refractivity contribution in [2.45, 2.75) is 20.0 Å². The summed E-state index contributed by atoms with van der Waals surface area (Å²) in [6, 6.07) is 12.2. The third kappa shape index (κ3) is 5.10. The summed E-state index contributed by atoms with van der Waals surface area (Å²) >= 11 is 0. The summed E-state index contributed by atoms with van der Waals surface area (Å²) < 4.78 is 18.3. The molecule has 2 rings (SSSR count). The van der Waals surface area contributed by atoms with E-state index in [-0.39, 0.29) is 17.6 Å². The molecular weight excluding hydrogens is 299 g/mol. The van der Waals surface area contributed by atoms with E-state index in [1.54, 1.807) is 31.2 Å². The first-order valence-electron chi connectivity index (χ1n) is 7.05. The molecule has 0 aliphatic carbocycles. The highest BCUT2D eigenvalue weighted by molar-refractivity contribution is 5.94. The van der Waals surface area contributed by atoms with Crippen LogP contribution < -0.4 is 15.4 Å². The standard InChI is InChI=1S/C17H17FN2O3/c1-11(23-16-9-3-13(18)4-10-16)17(22)20-15-7-5-14(6-8-15)19-12(2)21/h3-11H,1-2H3,(H,19,21)(H,20,22). The van der Waals surface area contributed by atoms with E-state index >= 15 is 0 Å². The number of amides is 2. The number of nitrogens with one attached hydrogen (secondary N) is 2. The van der Waals surface area contributed by atoms with Crippen LogP contribution >= 0.6 is 0 Å². The smallest absolute Gasteiger partial charge is 0.265 e. The summed E-state index contributed by atoms with van der Waals surface area (Å²) in [5.41, 5.74) is 1.23. The molecular formula is C17H17FN2O3. The van der Waals surface area contributed by atoms with Gasteiger partial charge in [0.2, 0.25) is 5.91 Å². The minimum absolute atomic E-state index is 0.164.